The minimum Gasteiger partial charge on any atom is -0.481 e. The highest BCUT2D eigenvalue weighted by atomic mass is 16.5. The van der Waals surface area contributed by atoms with E-state index in [1.807, 2.05) is 43.0 Å². The molecular formula is C21H24N4O3. The summed E-state index contributed by atoms with van der Waals surface area (Å²) < 4.78 is 11.0. The minimum absolute atomic E-state index is 0.0133. The van der Waals surface area contributed by atoms with Gasteiger partial charge in [-0.25, -0.2) is 9.97 Å². The van der Waals surface area contributed by atoms with Gasteiger partial charge in [0.15, 0.2) is 0 Å². The summed E-state index contributed by atoms with van der Waals surface area (Å²) >= 11 is 0. The van der Waals surface area contributed by atoms with Crippen molar-refractivity contribution in [1.29, 1.82) is 0 Å². The molecule has 7 heteroatoms. The molecule has 1 amide bonds. The Labute approximate surface area is 163 Å². The first-order valence-corrected chi connectivity index (χ1v) is 9.43. The van der Waals surface area contributed by atoms with E-state index >= 15 is 0 Å². The van der Waals surface area contributed by atoms with Crippen molar-refractivity contribution in [2.45, 2.75) is 20.4 Å². The molecule has 0 aliphatic carbocycles. The predicted molar refractivity (Wildman–Crippen MR) is 105 cm³/mol. The van der Waals surface area contributed by atoms with Crippen LogP contribution in [0, 0.1) is 13.8 Å². The Hall–Kier alpha value is -2.93. The molecule has 0 unspecified atom stereocenters. The van der Waals surface area contributed by atoms with Crippen molar-refractivity contribution < 1.29 is 13.9 Å². The van der Waals surface area contributed by atoms with Crippen LogP contribution in [0.15, 0.2) is 34.7 Å². The molecule has 0 radical (unpaired) electrons. The number of oxazole rings is 1. The summed E-state index contributed by atoms with van der Waals surface area (Å²) in [6, 6.07) is 9.39. The number of hydrogen-bond acceptors (Lipinski definition) is 6. The van der Waals surface area contributed by atoms with E-state index in [0.29, 0.717) is 31.1 Å². The number of fused-ring (bicyclic) bond motifs is 1. The number of nitrogens with zero attached hydrogens (tertiary/aromatic N) is 4. The van der Waals surface area contributed by atoms with Crippen molar-refractivity contribution in [3.8, 4) is 5.88 Å². The number of amides is 1. The molecule has 2 aromatic heterocycles. The van der Waals surface area contributed by atoms with Crippen molar-refractivity contribution in [3.63, 3.8) is 0 Å². The van der Waals surface area contributed by atoms with Crippen molar-refractivity contribution in [2.24, 2.45) is 0 Å². The average molecular weight is 380 g/mol. The Morgan fingerprint density at radius 2 is 1.89 bits per heavy atom. The Bertz CT molecular complexity index is 987. The van der Waals surface area contributed by atoms with Crippen LogP contribution in [0.5, 0.6) is 5.88 Å². The van der Waals surface area contributed by atoms with E-state index in [4.69, 9.17) is 9.15 Å². The highest BCUT2D eigenvalue weighted by molar-refractivity contribution is 6.06. The highest BCUT2D eigenvalue weighted by Crippen LogP contribution is 2.24. The van der Waals surface area contributed by atoms with Gasteiger partial charge in [-0.05, 0) is 19.9 Å². The lowest BCUT2D eigenvalue weighted by Crippen LogP contribution is -2.48. The molecule has 3 aromatic rings. The van der Waals surface area contributed by atoms with Gasteiger partial charge in [0.05, 0.1) is 30.4 Å². The second-order valence-electron chi connectivity index (χ2n) is 7.05. The summed E-state index contributed by atoms with van der Waals surface area (Å²) in [7, 11) is 1.57. The average Bonchev–Trinajstić information content (AvgIpc) is 3.04. The van der Waals surface area contributed by atoms with Crippen LogP contribution in [0.2, 0.25) is 0 Å². The molecule has 0 saturated carbocycles. The zero-order valence-corrected chi connectivity index (χ0v) is 16.4. The van der Waals surface area contributed by atoms with E-state index in [0.717, 1.165) is 41.3 Å². The number of carbonyl (C=O) groups excluding carboxylic acids is 1. The van der Waals surface area contributed by atoms with Crippen LogP contribution in [0.25, 0.3) is 10.9 Å². The summed E-state index contributed by atoms with van der Waals surface area (Å²) in [5.74, 6) is 2.07. The molecule has 7 nitrogen and oxygen atoms in total. The zero-order valence-electron chi connectivity index (χ0n) is 16.4. The van der Waals surface area contributed by atoms with Gasteiger partial charge < -0.3 is 14.1 Å². The zero-order chi connectivity index (χ0) is 19.7. The number of methoxy groups -OCH3 is 1. The third-order valence-electron chi connectivity index (χ3n) is 5.22. The van der Waals surface area contributed by atoms with Crippen molar-refractivity contribution in [1.82, 2.24) is 19.8 Å². The van der Waals surface area contributed by atoms with E-state index in [1.165, 1.54) is 0 Å². The van der Waals surface area contributed by atoms with Crippen LogP contribution in [0.4, 0.5) is 0 Å². The number of benzene rings is 1. The van der Waals surface area contributed by atoms with Gasteiger partial charge in [-0.1, -0.05) is 18.2 Å². The van der Waals surface area contributed by atoms with Crippen molar-refractivity contribution in [3.05, 3.63) is 53.2 Å². The Kier molecular flexibility index (Phi) is 5.00. The number of piperazine rings is 1. The molecule has 1 aliphatic rings. The smallest absolute Gasteiger partial charge is 0.254 e. The normalized spacial score (nSPS) is 15.2. The maximum Gasteiger partial charge on any atom is 0.254 e. The molecule has 4 rings (SSSR count). The Morgan fingerprint density at radius 3 is 2.57 bits per heavy atom. The highest BCUT2D eigenvalue weighted by Gasteiger charge is 2.25. The SMILES string of the molecule is COc1cc(C(=O)N2CCN(Cc3nc(C)c(C)o3)CC2)c2ccccc2n1. The largest absolute Gasteiger partial charge is 0.481 e. The predicted octanol–water partition coefficient (Wildman–Crippen LogP) is 2.81. The van der Waals surface area contributed by atoms with Crippen LogP contribution >= 0.6 is 0 Å². The molecule has 1 aliphatic heterocycles. The third-order valence-corrected chi connectivity index (χ3v) is 5.22. The second-order valence-corrected chi connectivity index (χ2v) is 7.05. The third kappa shape index (κ3) is 3.57. The van der Waals surface area contributed by atoms with Crippen molar-refractivity contribution in [2.75, 3.05) is 33.3 Å². The van der Waals surface area contributed by atoms with Crippen LogP contribution in [0.3, 0.4) is 0 Å². The monoisotopic (exact) mass is 380 g/mol. The topological polar surface area (TPSA) is 71.7 Å². The van der Waals surface area contributed by atoms with Gasteiger partial charge in [-0.15, -0.1) is 0 Å². The minimum atomic E-state index is 0.0133. The fourth-order valence-corrected chi connectivity index (χ4v) is 3.51. The number of aromatic nitrogens is 2. The van der Waals surface area contributed by atoms with E-state index in [-0.39, 0.29) is 5.91 Å². The van der Waals surface area contributed by atoms with Gasteiger partial charge in [0.25, 0.3) is 5.91 Å². The number of rotatable bonds is 4. The lowest BCUT2D eigenvalue weighted by molar-refractivity contribution is 0.0619. The maximum atomic E-state index is 13.2. The lowest BCUT2D eigenvalue weighted by Gasteiger charge is -2.34. The van der Waals surface area contributed by atoms with Crippen LogP contribution in [-0.2, 0) is 6.54 Å². The van der Waals surface area contributed by atoms with Gasteiger partial charge in [0.1, 0.15) is 5.76 Å². The van der Waals surface area contributed by atoms with E-state index < -0.39 is 0 Å². The molecule has 1 aromatic carbocycles. The summed E-state index contributed by atoms with van der Waals surface area (Å²) in [6.45, 7) is 7.44. The molecule has 0 N–H and O–H groups in total. The summed E-state index contributed by atoms with van der Waals surface area (Å²) in [5, 5.41) is 0.849. The van der Waals surface area contributed by atoms with Gasteiger partial charge in [-0.3, -0.25) is 9.69 Å². The molecule has 28 heavy (non-hydrogen) atoms. The number of para-hydroxylation sites is 1. The Morgan fingerprint density at radius 1 is 1.14 bits per heavy atom. The van der Waals surface area contributed by atoms with Crippen LogP contribution in [0.1, 0.15) is 27.7 Å². The standard InChI is InChI=1S/C21H24N4O3/c1-14-15(2)28-20(22-14)13-24-8-10-25(11-9-24)21(26)17-12-19(27-3)23-18-7-5-4-6-16(17)18/h4-7,12H,8-11,13H2,1-3H3. The summed E-state index contributed by atoms with van der Waals surface area (Å²) in [6.07, 6.45) is 0. The first-order chi connectivity index (χ1) is 13.5. The van der Waals surface area contributed by atoms with Gasteiger partial charge in [0.2, 0.25) is 11.8 Å². The number of carbonyl (C=O) groups is 1. The number of hydrogen-bond donors (Lipinski definition) is 0. The molecular weight excluding hydrogens is 356 g/mol. The number of ether oxygens (including phenoxy) is 1. The van der Waals surface area contributed by atoms with E-state index in [9.17, 15) is 4.79 Å². The molecule has 1 saturated heterocycles. The van der Waals surface area contributed by atoms with E-state index in [1.54, 1.807) is 13.2 Å². The molecule has 0 bridgehead atoms. The second kappa shape index (κ2) is 7.59. The number of pyridine rings is 1. The first kappa shape index (κ1) is 18.4. The maximum absolute atomic E-state index is 13.2. The number of aryl methyl sites for hydroxylation is 2. The first-order valence-electron chi connectivity index (χ1n) is 9.43. The van der Waals surface area contributed by atoms with Crippen LogP contribution in [-0.4, -0.2) is 59.0 Å². The van der Waals surface area contributed by atoms with Crippen molar-refractivity contribution >= 4 is 16.8 Å². The molecule has 3 heterocycles. The fraction of sp³-hybridized carbons (Fsp3) is 0.381. The fourth-order valence-electron chi connectivity index (χ4n) is 3.51. The quantitative estimate of drug-likeness (QED) is 0.693. The van der Waals surface area contributed by atoms with Crippen LogP contribution < -0.4 is 4.74 Å². The molecule has 1 fully saturated rings. The summed E-state index contributed by atoms with van der Waals surface area (Å²) in [5.41, 5.74) is 2.33. The summed E-state index contributed by atoms with van der Waals surface area (Å²) in [4.78, 5) is 26.2. The lowest BCUT2D eigenvalue weighted by atomic mass is 10.1. The van der Waals surface area contributed by atoms with E-state index in [2.05, 4.69) is 14.9 Å². The molecule has 146 valence electrons. The molecule has 0 atom stereocenters. The van der Waals surface area contributed by atoms with Gasteiger partial charge >= 0.3 is 0 Å². The van der Waals surface area contributed by atoms with Gasteiger partial charge in [0, 0.05) is 37.6 Å². The van der Waals surface area contributed by atoms with Gasteiger partial charge in [-0.2, -0.15) is 0 Å². The Balaban J connectivity index is 1.47. The molecule has 0 spiro atoms.